The zero-order valence-electron chi connectivity index (χ0n) is 13.2. The zero-order chi connectivity index (χ0) is 16.7. The summed E-state index contributed by atoms with van der Waals surface area (Å²) >= 11 is 0. The molecule has 2 amide bonds. The SMILES string of the molecule is CCNc1ccc2c3c(cccc13)C(=O)N(c1ccccc1)C2=O. The van der Waals surface area contributed by atoms with Gasteiger partial charge in [0.25, 0.3) is 11.8 Å². The summed E-state index contributed by atoms with van der Waals surface area (Å²) in [6, 6.07) is 18.3. The summed E-state index contributed by atoms with van der Waals surface area (Å²) in [6.07, 6.45) is 0. The number of nitrogens with zero attached hydrogens (tertiary/aromatic N) is 1. The predicted molar refractivity (Wildman–Crippen MR) is 95.7 cm³/mol. The van der Waals surface area contributed by atoms with Gasteiger partial charge in [0, 0.05) is 34.1 Å². The van der Waals surface area contributed by atoms with Crippen molar-refractivity contribution in [2.75, 3.05) is 16.8 Å². The summed E-state index contributed by atoms with van der Waals surface area (Å²) in [5.41, 5.74) is 2.65. The fourth-order valence-corrected chi connectivity index (χ4v) is 3.25. The lowest BCUT2D eigenvalue weighted by atomic mass is 9.92. The number of para-hydroxylation sites is 1. The molecule has 1 N–H and O–H groups in total. The molecule has 0 aliphatic carbocycles. The number of anilines is 2. The molecule has 0 radical (unpaired) electrons. The van der Waals surface area contributed by atoms with Gasteiger partial charge < -0.3 is 5.32 Å². The third-order valence-corrected chi connectivity index (χ3v) is 4.29. The normalized spacial score (nSPS) is 13.5. The first kappa shape index (κ1) is 14.5. The third-order valence-electron chi connectivity index (χ3n) is 4.29. The highest BCUT2D eigenvalue weighted by molar-refractivity contribution is 6.36. The molecule has 0 atom stereocenters. The first-order valence-corrected chi connectivity index (χ1v) is 7.96. The molecule has 0 aromatic heterocycles. The maximum Gasteiger partial charge on any atom is 0.265 e. The van der Waals surface area contributed by atoms with Crippen molar-refractivity contribution >= 4 is 34.0 Å². The topological polar surface area (TPSA) is 49.4 Å². The second kappa shape index (κ2) is 5.49. The van der Waals surface area contributed by atoms with Crippen molar-refractivity contribution < 1.29 is 9.59 Å². The highest BCUT2D eigenvalue weighted by Gasteiger charge is 2.34. The van der Waals surface area contributed by atoms with Gasteiger partial charge in [0.15, 0.2) is 0 Å². The Kier molecular flexibility index (Phi) is 3.31. The highest BCUT2D eigenvalue weighted by Crippen LogP contribution is 2.35. The minimum atomic E-state index is -0.280. The largest absolute Gasteiger partial charge is 0.385 e. The standard InChI is InChI=1S/C20H16N2O2/c1-2-21-17-12-11-16-18-14(17)9-6-10-15(18)19(23)22(20(16)24)13-7-4-3-5-8-13/h3-12,21H,2H2,1H3. The summed E-state index contributed by atoms with van der Waals surface area (Å²) in [5.74, 6) is -0.559. The molecular weight excluding hydrogens is 300 g/mol. The van der Waals surface area contributed by atoms with Crippen LogP contribution in [0.5, 0.6) is 0 Å². The fourth-order valence-electron chi connectivity index (χ4n) is 3.25. The zero-order valence-corrected chi connectivity index (χ0v) is 13.2. The molecule has 4 heteroatoms. The van der Waals surface area contributed by atoms with E-state index in [2.05, 4.69) is 5.32 Å². The van der Waals surface area contributed by atoms with Crippen LogP contribution in [0.25, 0.3) is 10.8 Å². The van der Waals surface area contributed by atoms with Crippen molar-refractivity contribution in [3.63, 3.8) is 0 Å². The molecule has 1 aliphatic heterocycles. The number of hydrogen-bond acceptors (Lipinski definition) is 3. The van der Waals surface area contributed by atoms with E-state index < -0.39 is 0 Å². The molecule has 0 unspecified atom stereocenters. The molecule has 4 nitrogen and oxygen atoms in total. The van der Waals surface area contributed by atoms with Crippen LogP contribution >= 0.6 is 0 Å². The maximum atomic E-state index is 13.0. The molecule has 4 rings (SSSR count). The summed E-state index contributed by atoms with van der Waals surface area (Å²) < 4.78 is 0. The fraction of sp³-hybridized carbons (Fsp3) is 0.100. The summed E-state index contributed by atoms with van der Waals surface area (Å²) in [5, 5.41) is 4.93. The van der Waals surface area contributed by atoms with Crippen molar-refractivity contribution in [3.05, 3.63) is 71.8 Å². The lowest BCUT2D eigenvalue weighted by Crippen LogP contribution is -2.40. The van der Waals surface area contributed by atoms with Gasteiger partial charge in [-0.25, -0.2) is 4.90 Å². The summed E-state index contributed by atoms with van der Waals surface area (Å²) in [7, 11) is 0. The molecule has 1 heterocycles. The second-order valence-corrected chi connectivity index (χ2v) is 5.70. The number of carbonyl (C=O) groups excluding carboxylic acids is 2. The maximum absolute atomic E-state index is 13.0. The smallest absolute Gasteiger partial charge is 0.265 e. The molecule has 3 aromatic rings. The van der Waals surface area contributed by atoms with E-state index >= 15 is 0 Å². The Bertz CT molecular complexity index is 942. The number of rotatable bonds is 3. The monoisotopic (exact) mass is 316 g/mol. The van der Waals surface area contributed by atoms with Crippen molar-refractivity contribution in [3.8, 4) is 0 Å². The predicted octanol–water partition coefficient (Wildman–Crippen LogP) is 4.07. The Morgan fingerprint density at radius 1 is 0.833 bits per heavy atom. The number of amides is 2. The first-order valence-electron chi connectivity index (χ1n) is 7.96. The van der Waals surface area contributed by atoms with Gasteiger partial charge >= 0.3 is 0 Å². The van der Waals surface area contributed by atoms with E-state index in [0.717, 1.165) is 23.0 Å². The Hall–Kier alpha value is -3.14. The van der Waals surface area contributed by atoms with E-state index in [1.54, 1.807) is 24.3 Å². The number of benzene rings is 3. The molecule has 0 saturated heterocycles. The van der Waals surface area contributed by atoms with E-state index in [1.165, 1.54) is 4.90 Å². The van der Waals surface area contributed by atoms with Gasteiger partial charge in [-0.3, -0.25) is 9.59 Å². The van der Waals surface area contributed by atoms with Gasteiger partial charge in [0.2, 0.25) is 0 Å². The second-order valence-electron chi connectivity index (χ2n) is 5.70. The molecule has 118 valence electrons. The van der Waals surface area contributed by atoms with E-state index in [0.29, 0.717) is 16.8 Å². The number of nitrogens with one attached hydrogen (secondary N) is 1. The van der Waals surface area contributed by atoms with Crippen molar-refractivity contribution in [2.45, 2.75) is 6.92 Å². The summed E-state index contributed by atoms with van der Waals surface area (Å²) in [6.45, 7) is 2.79. The molecule has 3 aromatic carbocycles. The van der Waals surface area contributed by atoms with Crippen LogP contribution in [0.2, 0.25) is 0 Å². The van der Waals surface area contributed by atoms with Gasteiger partial charge in [-0.1, -0.05) is 30.3 Å². The molecule has 0 bridgehead atoms. The number of carbonyl (C=O) groups is 2. The first-order chi connectivity index (χ1) is 11.7. The molecule has 0 fully saturated rings. The summed E-state index contributed by atoms with van der Waals surface area (Å²) in [4.78, 5) is 27.2. The van der Waals surface area contributed by atoms with Crippen LogP contribution in [0.3, 0.4) is 0 Å². The molecule has 24 heavy (non-hydrogen) atoms. The van der Waals surface area contributed by atoms with Crippen LogP contribution < -0.4 is 10.2 Å². The van der Waals surface area contributed by atoms with Crippen molar-refractivity contribution in [1.82, 2.24) is 0 Å². The average molecular weight is 316 g/mol. The minimum Gasteiger partial charge on any atom is -0.385 e. The lowest BCUT2D eigenvalue weighted by Gasteiger charge is -2.27. The van der Waals surface area contributed by atoms with Gasteiger partial charge in [-0.2, -0.15) is 0 Å². The Balaban J connectivity index is 1.97. The van der Waals surface area contributed by atoms with Crippen LogP contribution in [-0.4, -0.2) is 18.4 Å². The van der Waals surface area contributed by atoms with Crippen LogP contribution in [0.1, 0.15) is 27.6 Å². The average Bonchev–Trinajstić information content (AvgIpc) is 2.62. The molecule has 1 aliphatic rings. The van der Waals surface area contributed by atoms with Gasteiger partial charge in [0.05, 0.1) is 5.69 Å². The van der Waals surface area contributed by atoms with E-state index in [1.807, 2.05) is 43.3 Å². The highest BCUT2D eigenvalue weighted by atomic mass is 16.2. The van der Waals surface area contributed by atoms with Crippen molar-refractivity contribution in [1.29, 1.82) is 0 Å². The third kappa shape index (κ3) is 2.00. The van der Waals surface area contributed by atoms with Crippen LogP contribution in [-0.2, 0) is 0 Å². The van der Waals surface area contributed by atoms with Crippen LogP contribution in [0.4, 0.5) is 11.4 Å². The lowest BCUT2D eigenvalue weighted by molar-refractivity contribution is 0.0893. The van der Waals surface area contributed by atoms with E-state index in [9.17, 15) is 9.59 Å². The number of hydrogen-bond donors (Lipinski definition) is 1. The quantitative estimate of drug-likeness (QED) is 0.741. The Morgan fingerprint density at radius 2 is 1.54 bits per heavy atom. The van der Waals surface area contributed by atoms with Gasteiger partial charge in [0.1, 0.15) is 0 Å². The Morgan fingerprint density at radius 3 is 2.25 bits per heavy atom. The molecule has 0 saturated carbocycles. The van der Waals surface area contributed by atoms with Crippen LogP contribution in [0, 0.1) is 0 Å². The number of imide groups is 1. The van der Waals surface area contributed by atoms with E-state index in [4.69, 9.17) is 0 Å². The van der Waals surface area contributed by atoms with Gasteiger partial charge in [-0.05, 0) is 37.3 Å². The minimum absolute atomic E-state index is 0.280. The van der Waals surface area contributed by atoms with Crippen molar-refractivity contribution in [2.24, 2.45) is 0 Å². The molecular formula is C20H16N2O2. The van der Waals surface area contributed by atoms with Gasteiger partial charge in [-0.15, -0.1) is 0 Å². The van der Waals surface area contributed by atoms with Crippen LogP contribution in [0.15, 0.2) is 60.7 Å². The molecule has 0 spiro atoms. The van der Waals surface area contributed by atoms with E-state index in [-0.39, 0.29) is 11.8 Å². The Labute approximate surface area is 139 Å².